The summed E-state index contributed by atoms with van der Waals surface area (Å²) in [6, 6.07) is -0.0163. The molecule has 18 heavy (non-hydrogen) atoms. The number of likely N-dealkylation sites (N-methyl/N-ethyl adjacent to an activating group) is 1. The van der Waals surface area contributed by atoms with E-state index in [2.05, 4.69) is 10.2 Å². The van der Waals surface area contributed by atoms with Gasteiger partial charge in [-0.1, -0.05) is 0 Å². The molecule has 2 fully saturated rings. The minimum atomic E-state index is -0.744. The lowest BCUT2D eigenvalue weighted by Crippen LogP contribution is -2.52. The van der Waals surface area contributed by atoms with E-state index in [4.69, 9.17) is 5.11 Å². The number of carboxylic acid groups (broad SMARTS) is 1. The van der Waals surface area contributed by atoms with Crippen LogP contribution in [0.4, 0.5) is 4.79 Å². The molecule has 0 radical (unpaired) electrons. The summed E-state index contributed by atoms with van der Waals surface area (Å²) in [7, 11) is 2.05. The van der Waals surface area contributed by atoms with Crippen LogP contribution in [0, 0.1) is 5.92 Å². The van der Waals surface area contributed by atoms with Crippen LogP contribution in [-0.2, 0) is 4.79 Å². The number of nitrogens with zero attached hydrogens (tertiary/aromatic N) is 2. The van der Waals surface area contributed by atoms with Crippen molar-refractivity contribution in [3.05, 3.63) is 0 Å². The Morgan fingerprint density at radius 1 is 1.17 bits per heavy atom. The number of aliphatic carboxylic acids is 1. The fourth-order valence-corrected chi connectivity index (χ4v) is 2.61. The number of nitrogens with one attached hydrogen (secondary N) is 1. The molecule has 2 atom stereocenters. The van der Waals surface area contributed by atoms with E-state index in [1.165, 1.54) is 0 Å². The molecule has 0 spiro atoms. The quantitative estimate of drug-likeness (QED) is 0.739. The minimum absolute atomic E-state index is 0.0262. The van der Waals surface area contributed by atoms with E-state index in [1.54, 1.807) is 0 Å². The third-order valence-electron chi connectivity index (χ3n) is 3.90. The molecule has 0 bridgehead atoms. The van der Waals surface area contributed by atoms with Crippen molar-refractivity contribution in [1.82, 2.24) is 15.1 Å². The van der Waals surface area contributed by atoms with Gasteiger partial charge in [-0.15, -0.1) is 0 Å². The summed E-state index contributed by atoms with van der Waals surface area (Å²) >= 11 is 0. The lowest BCUT2D eigenvalue weighted by Gasteiger charge is -2.33. The molecule has 0 aromatic heterocycles. The molecule has 2 rings (SSSR count). The van der Waals surface area contributed by atoms with Crippen molar-refractivity contribution in [3.8, 4) is 0 Å². The van der Waals surface area contributed by atoms with E-state index in [1.807, 2.05) is 11.9 Å². The Morgan fingerprint density at radius 2 is 1.83 bits per heavy atom. The van der Waals surface area contributed by atoms with Crippen LogP contribution in [0.3, 0.4) is 0 Å². The lowest BCUT2D eigenvalue weighted by atomic mass is 10.1. The van der Waals surface area contributed by atoms with E-state index in [0.717, 1.165) is 32.6 Å². The zero-order valence-electron chi connectivity index (χ0n) is 10.8. The molecule has 1 aliphatic carbocycles. The summed E-state index contributed by atoms with van der Waals surface area (Å²) in [5, 5.41) is 11.9. The van der Waals surface area contributed by atoms with Gasteiger partial charge < -0.3 is 20.2 Å². The van der Waals surface area contributed by atoms with Gasteiger partial charge in [-0.05, 0) is 26.3 Å². The Balaban J connectivity index is 1.76. The van der Waals surface area contributed by atoms with E-state index >= 15 is 0 Å². The summed E-state index contributed by atoms with van der Waals surface area (Å²) in [6.45, 7) is 3.29. The topological polar surface area (TPSA) is 72.9 Å². The van der Waals surface area contributed by atoms with Crippen molar-refractivity contribution in [2.24, 2.45) is 5.92 Å². The van der Waals surface area contributed by atoms with Gasteiger partial charge in [0.25, 0.3) is 0 Å². The highest BCUT2D eigenvalue weighted by atomic mass is 16.4. The van der Waals surface area contributed by atoms with Gasteiger partial charge in [0.1, 0.15) is 0 Å². The van der Waals surface area contributed by atoms with Gasteiger partial charge in [0.15, 0.2) is 0 Å². The highest BCUT2D eigenvalue weighted by Gasteiger charge is 2.31. The summed E-state index contributed by atoms with van der Waals surface area (Å²) in [5.74, 6) is -1.03. The number of carbonyl (C=O) groups excluding carboxylic acids is 1. The summed E-state index contributed by atoms with van der Waals surface area (Å²) in [5.41, 5.74) is 0. The van der Waals surface area contributed by atoms with E-state index in [0.29, 0.717) is 12.8 Å². The number of amides is 2. The molecule has 1 heterocycles. The van der Waals surface area contributed by atoms with Crippen molar-refractivity contribution in [3.63, 3.8) is 0 Å². The van der Waals surface area contributed by atoms with Gasteiger partial charge in [-0.25, -0.2) is 4.79 Å². The normalized spacial score (nSPS) is 29.3. The summed E-state index contributed by atoms with van der Waals surface area (Å²) in [6.07, 6.45) is 2.01. The fraction of sp³-hybridized carbons (Fsp3) is 0.833. The number of carbonyl (C=O) groups is 2. The van der Waals surface area contributed by atoms with Crippen LogP contribution in [0.2, 0.25) is 0 Å². The first-order chi connectivity index (χ1) is 8.56. The largest absolute Gasteiger partial charge is 0.481 e. The monoisotopic (exact) mass is 255 g/mol. The number of carboxylic acids is 1. The number of rotatable bonds is 2. The molecule has 0 aromatic carbocycles. The van der Waals surface area contributed by atoms with Crippen molar-refractivity contribution in [1.29, 1.82) is 0 Å². The fourth-order valence-electron chi connectivity index (χ4n) is 2.61. The first-order valence-corrected chi connectivity index (χ1v) is 6.53. The first kappa shape index (κ1) is 13.1. The number of hydrogen-bond acceptors (Lipinski definition) is 3. The minimum Gasteiger partial charge on any atom is -0.481 e. The standard InChI is InChI=1S/C12H21N3O3/c1-14-4-6-15(7-5-14)12(18)13-10-3-2-9(8-10)11(16)17/h9-10H,2-8H2,1H3,(H,13,18)(H,16,17)/t9-,10+/m1/s1. The maximum absolute atomic E-state index is 12.0. The highest BCUT2D eigenvalue weighted by molar-refractivity contribution is 5.75. The second kappa shape index (κ2) is 5.56. The number of hydrogen-bond donors (Lipinski definition) is 2. The van der Waals surface area contributed by atoms with Crippen LogP contribution in [0.1, 0.15) is 19.3 Å². The predicted molar refractivity (Wildman–Crippen MR) is 66.4 cm³/mol. The molecule has 2 amide bonds. The molecule has 1 saturated heterocycles. The molecule has 0 aromatic rings. The Bertz CT molecular complexity index is 327. The van der Waals surface area contributed by atoms with Crippen LogP contribution in [-0.4, -0.2) is 66.2 Å². The molecule has 6 nitrogen and oxygen atoms in total. The van der Waals surface area contributed by atoms with Crippen LogP contribution < -0.4 is 5.32 Å². The second-order valence-electron chi connectivity index (χ2n) is 5.28. The van der Waals surface area contributed by atoms with Crippen molar-refractivity contribution in [2.45, 2.75) is 25.3 Å². The molecule has 102 valence electrons. The van der Waals surface area contributed by atoms with Gasteiger partial charge in [-0.2, -0.15) is 0 Å². The molecule has 1 aliphatic heterocycles. The smallest absolute Gasteiger partial charge is 0.317 e. The van der Waals surface area contributed by atoms with Crippen molar-refractivity contribution < 1.29 is 14.7 Å². The molecule has 6 heteroatoms. The SMILES string of the molecule is CN1CCN(C(=O)N[C@H]2CC[C@@H](C(=O)O)C2)CC1. The Kier molecular flexibility index (Phi) is 4.06. The third kappa shape index (κ3) is 3.13. The van der Waals surface area contributed by atoms with Crippen LogP contribution in [0.25, 0.3) is 0 Å². The molecular formula is C12H21N3O3. The highest BCUT2D eigenvalue weighted by Crippen LogP contribution is 2.25. The second-order valence-corrected chi connectivity index (χ2v) is 5.28. The number of urea groups is 1. The molecule has 2 N–H and O–H groups in total. The lowest BCUT2D eigenvalue weighted by molar-refractivity contribution is -0.141. The Labute approximate surface area is 107 Å². The van der Waals surface area contributed by atoms with Gasteiger partial charge in [0, 0.05) is 32.2 Å². The Morgan fingerprint density at radius 3 is 2.39 bits per heavy atom. The van der Waals surface area contributed by atoms with Crippen LogP contribution in [0.15, 0.2) is 0 Å². The molecule has 1 saturated carbocycles. The van der Waals surface area contributed by atoms with E-state index < -0.39 is 5.97 Å². The van der Waals surface area contributed by atoms with Gasteiger partial charge in [-0.3, -0.25) is 4.79 Å². The third-order valence-corrected chi connectivity index (χ3v) is 3.90. The average Bonchev–Trinajstić information content (AvgIpc) is 2.78. The predicted octanol–water partition coefficient (Wildman–Crippen LogP) is 0.197. The zero-order valence-corrected chi connectivity index (χ0v) is 10.8. The van der Waals surface area contributed by atoms with Crippen LogP contribution in [0.5, 0.6) is 0 Å². The van der Waals surface area contributed by atoms with E-state index in [-0.39, 0.29) is 18.0 Å². The van der Waals surface area contributed by atoms with Gasteiger partial charge in [0.05, 0.1) is 5.92 Å². The van der Waals surface area contributed by atoms with Crippen molar-refractivity contribution in [2.75, 3.05) is 33.2 Å². The van der Waals surface area contributed by atoms with Gasteiger partial charge >= 0.3 is 12.0 Å². The first-order valence-electron chi connectivity index (χ1n) is 6.53. The number of piperazine rings is 1. The van der Waals surface area contributed by atoms with Gasteiger partial charge in [0.2, 0.25) is 0 Å². The summed E-state index contributed by atoms with van der Waals surface area (Å²) < 4.78 is 0. The average molecular weight is 255 g/mol. The van der Waals surface area contributed by atoms with E-state index in [9.17, 15) is 9.59 Å². The Hall–Kier alpha value is -1.30. The maximum Gasteiger partial charge on any atom is 0.317 e. The molecular weight excluding hydrogens is 234 g/mol. The zero-order chi connectivity index (χ0) is 13.1. The molecule has 2 aliphatic rings. The summed E-state index contributed by atoms with van der Waals surface area (Å²) in [4.78, 5) is 26.8. The maximum atomic E-state index is 12.0. The van der Waals surface area contributed by atoms with Crippen LogP contribution >= 0.6 is 0 Å². The molecule has 0 unspecified atom stereocenters. The van der Waals surface area contributed by atoms with Crippen molar-refractivity contribution >= 4 is 12.0 Å².